The van der Waals surface area contributed by atoms with E-state index < -0.39 is 35.8 Å². The summed E-state index contributed by atoms with van der Waals surface area (Å²) in [5.74, 6) is 0. The van der Waals surface area contributed by atoms with E-state index in [1.165, 1.54) is 13.1 Å². The third kappa shape index (κ3) is 5.22. The van der Waals surface area contributed by atoms with Crippen LogP contribution in [-0.4, -0.2) is 90.0 Å². The van der Waals surface area contributed by atoms with Gasteiger partial charge in [0.1, 0.15) is 18.3 Å². The minimum Gasteiger partial charge on any atom is -0.387 e. The van der Waals surface area contributed by atoms with Gasteiger partial charge in [-0.15, -0.1) is 0 Å². The first-order valence-corrected chi connectivity index (χ1v) is 8.45. The molecule has 0 aromatic carbocycles. The summed E-state index contributed by atoms with van der Waals surface area (Å²) in [6.07, 6.45) is -3.13. The van der Waals surface area contributed by atoms with Gasteiger partial charge in [-0.25, -0.2) is 4.79 Å². The van der Waals surface area contributed by atoms with E-state index in [9.17, 15) is 19.8 Å². The van der Waals surface area contributed by atoms with Crippen molar-refractivity contribution in [3.63, 3.8) is 0 Å². The van der Waals surface area contributed by atoms with Crippen molar-refractivity contribution in [2.24, 2.45) is 0 Å². The van der Waals surface area contributed by atoms with Crippen LogP contribution in [0.1, 0.15) is 11.8 Å². The van der Waals surface area contributed by atoms with Gasteiger partial charge in [0.25, 0.3) is 5.56 Å². The van der Waals surface area contributed by atoms with Crippen molar-refractivity contribution >= 4 is 0 Å². The minimum absolute atomic E-state index is 0.0445. The average Bonchev–Trinajstić information content (AvgIpc) is 2.85. The summed E-state index contributed by atoms with van der Waals surface area (Å²) in [6, 6.07) is 0. The zero-order valence-electron chi connectivity index (χ0n) is 15.3. The van der Waals surface area contributed by atoms with E-state index in [-0.39, 0.29) is 6.61 Å². The highest BCUT2D eigenvalue weighted by molar-refractivity contribution is 5.03. The fourth-order valence-electron chi connectivity index (χ4n) is 2.54. The van der Waals surface area contributed by atoms with Gasteiger partial charge in [-0.1, -0.05) is 0 Å². The summed E-state index contributed by atoms with van der Waals surface area (Å²) in [4.78, 5) is 27.5. The molecule has 2 rings (SSSR count). The number of rotatable bonds is 9. The lowest BCUT2D eigenvalue weighted by molar-refractivity contribution is -0.0741. The molecule has 1 saturated heterocycles. The smallest absolute Gasteiger partial charge is 0.330 e. The van der Waals surface area contributed by atoms with E-state index in [1.807, 2.05) is 19.0 Å². The summed E-state index contributed by atoms with van der Waals surface area (Å²) in [7, 11) is 3.91. The normalized spacial score (nSPS) is 25.9. The van der Waals surface area contributed by atoms with Gasteiger partial charge in [0.15, 0.2) is 6.23 Å². The van der Waals surface area contributed by atoms with Crippen LogP contribution >= 0.6 is 0 Å². The number of aliphatic hydroxyl groups excluding tert-OH is 2. The van der Waals surface area contributed by atoms with E-state index in [1.54, 1.807) is 0 Å². The van der Waals surface area contributed by atoms with Gasteiger partial charge >= 0.3 is 5.69 Å². The zero-order valence-corrected chi connectivity index (χ0v) is 15.3. The lowest BCUT2D eigenvalue weighted by atomic mass is 10.1. The number of aromatic amines is 1. The number of aryl methyl sites for hydroxylation is 1. The van der Waals surface area contributed by atoms with Gasteiger partial charge in [0.2, 0.25) is 0 Å². The molecule has 1 aliphatic heterocycles. The largest absolute Gasteiger partial charge is 0.387 e. The molecule has 0 radical (unpaired) electrons. The summed E-state index contributed by atoms with van der Waals surface area (Å²) >= 11 is 0. The molecule has 0 saturated carbocycles. The van der Waals surface area contributed by atoms with Crippen LogP contribution in [0.5, 0.6) is 0 Å². The maximum Gasteiger partial charge on any atom is 0.330 e. The number of nitrogens with one attached hydrogen (secondary N) is 1. The molecule has 0 unspecified atom stereocenters. The number of hydrogen-bond donors (Lipinski definition) is 3. The second kappa shape index (κ2) is 9.40. The Hall–Kier alpha value is -1.56. The van der Waals surface area contributed by atoms with E-state index in [0.717, 1.165) is 11.1 Å². The highest BCUT2D eigenvalue weighted by atomic mass is 16.6. The fraction of sp³-hybridized carbons (Fsp3) is 0.750. The summed E-state index contributed by atoms with van der Waals surface area (Å²) < 4.78 is 17.4. The number of likely N-dealkylation sites (N-methyl/N-ethyl adjacent to an activating group) is 1. The second-order valence-corrected chi connectivity index (χ2v) is 6.52. The molecule has 4 atom stereocenters. The Bertz CT molecular complexity index is 687. The first kappa shape index (κ1) is 20.7. The molecule has 148 valence electrons. The number of aromatic nitrogens is 2. The molecular formula is C16H27N3O7. The number of ether oxygens (including phenoxy) is 3. The number of nitrogens with zero attached hydrogens (tertiary/aromatic N) is 2. The molecule has 1 fully saturated rings. The quantitative estimate of drug-likeness (QED) is 0.427. The van der Waals surface area contributed by atoms with Gasteiger partial charge in [0, 0.05) is 18.3 Å². The molecule has 2 heterocycles. The molecule has 0 spiro atoms. The Labute approximate surface area is 150 Å². The zero-order chi connectivity index (χ0) is 19.3. The van der Waals surface area contributed by atoms with Crippen LogP contribution in [0.3, 0.4) is 0 Å². The first-order valence-electron chi connectivity index (χ1n) is 8.45. The Morgan fingerprint density at radius 2 is 1.88 bits per heavy atom. The third-order valence-electron chi connectivity index (χ3n) is 4.09. The van der Waals surface area contributed by atoms with E-state index in [4.69, 9.17) is 14.2 Å². The van der Waals surface area contributed by atoms with Crippen molar-refractivity contribution in [3.8, 4) is 0 Å². The highest BCUT2D eigenvalue weighted by Crippen LogP contribution is 2.28. The third-order valence-corrected chi connectivity index (χ3v) is 4.09. The molecule has 1 aromatic heterocycles. The monoisotopic (exact) mass is 373 g/mol. The van der Waals surface area contributed by atoms with Gasteiger partial charge in [-0.2, -0.15) is 0 Å². The molecule has 10 nitrogen and oxygen atoms in total. The Morgan fingerprint density at radius 1 is 1.19 bits per heavy atom. The Kier molecular flexibility index (Phi) is 7.50. The van der Waals surface area contributed by atoms with E-state index in [2.05, 4.69) is 4.98 Å². The number of aliphatic hydroxyl groups is 2. The van der Waals surface area contributed by atoms with Crippen LogP contribution in [0, 0.1) is 6.92 Å². The van der Waals surface area contributed by atoms with Gasteiger partial charge in [-0.05, 0) is 21.0 Å². The van der Waals surface area contributed by atoms with E-state index >= 15 is 0 Å². The standard InChI is InChI=1S/C16H27N3O7/c1-10-8-19(16(23)17-14(10)22)15-13(21)12(20)11(26-15)9-25-7-6-24-5-4-18(2)3/h8,11-13,15,20-21H,4-7,9H2,1-3H3,(H,17,22,23)/t11-,12-,13-,15-/m1/s1. The molecule has 1 aliphatic rings. The first-order chi connectivity index (χ1) is 12.3. The lowest BCUT2D eigenvalue weighted by Crippen LogP contribution is -2.38. The lowest BCUT2D eigenvalue weighted by Gasteiger charge is -2.17. The van der Waals surface area contributed by atoms with Crippen LogP contribution in [0.15, 0.2) is 15.8 Å². The van der Waals surface area contributed by atoms with Crippen LogP contribution in [0.2, 0.25) is 0 Å². The topological polar surface area (TPSA) is 126 Å². The van der Waals surface area contributed by atoms with Crippen LogP contribution < -0.4 is 11.2 Å². The highest BCUT2D eigenvalue weighted by Gasteiger charge is 2.44. The number of hydrogen-bond acceptors (Lipinski definition) is 8. The van der Waals surface area contributed by atoms with E-state index in [0.29, 0.717) is 25.4 Å². The summed E-state index contributed by atoms with van der Waals surface area (Å²) in [5, 5.41) is 20.3. The number of H-pyrrole nitrogens is 1. The molecule has 26 heavy (non-hydrogen) atoms. The predicted octanol–water partition coefficient (Wildman–Crippen LogP) is -1.94. The molecular weight excluding hydrogens is 346 g/mol. The molecule has 0 aliphatic carbocycles. The maximum atomic E-state index is 11.9. The van der Waals surface area contributed by atoms with Crippen LogP contribution in [-0.2, 0) is 14.2 Å². The molecule has 0 bridgehead atoms. The van der Waals surface area contributed by atoms with Crippen LogP contribution in [0.25, 0.3) is 0 Å². The fourth-order valence-corrected chi connectivity index (χ4v) is 2.54. The summed E-state index contributed by atoms with van der Waals surface area (Å²) in [6.45, 7) is 3.70. The van der Waals surface area contributed by atoms with Crippen molar-refractivity contribution in [2.75, 3.05) is 47.1 Å². The Balaban J connectivity index is 1.85. The SMILES string of the molecule is Cc1cn([C@@H]2O[C@H](COCCOCCN(C)C)[C@@H](O)[C@H]2O)c(=O)[nH]c1=O. The van der Waals surface area contributed by atoms with Gasteiger partial charge in [0.05, 0.1) is 26.4 Å². The van der Waals surface area contributed by atoms with Gasteiger partial charge in [-0.3, -0.25) is 14.3 Å². The molecule has 3 N–H and O–H groups in total. The van der Waals surface area contributed by atoms with Crippen molar-refractivity contribution in [2.45, 2.75) is 31.5 Å². The van der Waals surface area contributed by atoms with Crippen molar-refractivity contribution in [3.05, 3.63) is 32.6 Å². The molecule has 10 heteroatoms. The van der Waals surface area contributed by atoms with Gasteiger partial charge < -0.3 is 29.3 Å². The predicted molar refractivity (Wildman–Crippen MR) is 92.2 cm³/mol. The Morgan fingerprint density at radius 3 is 2.58 bits per heavy atom. The molecule has 1 aromatic rings. The van der Waals surface area contributed by atoms with Crippen molar-refractivity contribution in [1.29, 1.82) is 0 Å². The van der Waals surface area contributed by atoms with Crippen molar-refractivity contribution in [1.82, 2.24) is 14.5 Å². The minimum atomic E-state index is -1.32. The second-order valence-electron chi connectivity index (χ2n) is 6.52. The molecule has 0 amide bonds. The maximum absolute atomic E-state index is 11.9. The average molecular weight is 373 g/mol. The van der Waals surface area contributed by atoms with Crippen molar-refractivity contribution < 1.29 is 24.4 Å². The summed E-state index contributed by atoms with van der Waals surface area (Å²) in [5.41, 5.74) is -0.925. The van der Waals surface area contributed by atoms with Crippen LogP contribution in [0.4, 0.5) is 0 Å².